The summed E-state index contributed by atoms with van der Waals surface area (Å²) in [6, 6.07) is 8.19. The third-order valence-corrected chi connectivity index (χ3v) is 3.86. The lowest BCUT2D eigenvalue weighted by Gasteiger charge is -2.20. The molecule has 0 aliphatic carbocycles. The van der Waals surface area contributed by atoms with Crippen LogP contribution in [0.25, 0.3) is 0 Å². The molecule has 0 aromatic heterocycles. The SMILES string of the molecule is CCN(CC)CCC(O)c1ccc(SC)cc1. The van der Waals surface area contributed by atoms with Gasteiger partial charge in [-0.2, -0.15) is 0 Å². The monoisotopic (exact) mass is 253 g/mol. The van der Waals surface area contributed by atoms with Crippen molar-refractivity contribution in [2.24, 2.45) is 0 Å². The first-order valence-electron chi connectivity index (χ1n) is 6.25. The highest BCUT2D eigenvalue weighted by Gasteiger charge is 2.09. The molecule has 1 aromatic carbocycles. The van der Waals surface area contributed by atoms with Crippen LogP contribution in [0.15, 0.2) is 29.2 Å². The number of aliphatic hydroxyl groups is 1. The van der Waals surface area contributed by atoms with Crippen molar-refractivity contribution in [3.8, 4) is 0 Å². The molecular formula is C14H23NOS. The minimum absolute atomic E-state index is 0.341. The van der Waals surface area contributed by atoms with E-state index >= 15 is 0 Å². The van der Waals surface area contributed by atoms with E-state index in [0.717, 1.165) is 31.6 Å². The lowest BCUT2D eigenvalue weighted by molar-refractivity contribution is 0.145. The van der Waals surface area contributed by atoms with E-state index in [1.54, 1.807) is 11.8 Å². The normalized spacial score (nSPS) is 13.0. The Balaban J connectivity index is 2.48. The van der Waals surface area contributed by atoms with Crippen LogP contribution in [0.1, 0.15) is 31.9 Å². The van der Waals surface area contributed by atoms with Crippen LogP contribution in [0.4, 0.5) is 0 Å². The summed E-state index contributed by atoms with van der Waals surface area (Å²) in [4.78, 5) is 3.57. The molecule has 0 radical (unpaired) electrons. The summed E-state index contributed by atoms with van der Waals surface area (Å²) >= 11 is 1.72. The van der Waals surface area contributed by atoms with Gasteiger partial charge in [-0.3, -0.25) is 0 Å². The Morgan fingerprint density at radius 1 is 1.18 bits per heavy atom. The Hall–Kier alpha value is -0.510. The van der Waals surface area contributed by atoms with Gasteiger partial charge in [-0.25, -0.2) is 0 Å². The van der Waals surface area contributed by atoms with Gasteiger partial charge in [0.15, 0.2) is 0 Å². The predicted molar refractivity (Wildman–Crippen MR) is 75.6 cm³/mol. The van der Waals surface area contributed by atoms with Gasteiger partial charge in [0.05, 0.1) is 6.10 Å². The van der Waals surface area contributed by atoms with E-state index in [1.165, 1.54) is 4.90 Å². The molecule has 0 heterocycles. The number of hydrogen-bond donors (Lipinski definition) is 1. The molecule has 0 spiro atoms. The molecular weight excluding hydrogens is 230 g/mol. The highest BCUT2D eigenvalue weighted by Crippen LogP contribution is 2.21. The number of hydrogen-bond acceptors (Lipinski definition) is 3. The molecule has 0 saturated carbocycles. The summed E-state index contributed by atoms with van der Waals surface area (Å²) in [7, 11) is 0. The largest absolute Gasteiger partial charge is 0.388 e. The zero-order chi connectivity index (χ0) is 12.7. The van der Waals surface area contributed by atoms with Crippen LogP contribution in [0.2, 0.25) is 0 Å². The molecule has 1 rings (SSSR count). The van der Waals surface area contributed by atoms with Gasteiger partial charge in [-0.1, -0.05) is 26.0 Å². The molecule has 3 heteroatoms. The maximum Gasteiger partial charge on any atom is 0.0802 e. The molecule has 0 bridgehead atoms. The van der Waals surface area contributed by atoms with Crippen molar-refractivity contribution >= 4 is 11.8 Å². The molecule has 1 unspecified atom stereocenters. The Bertz CT molecular complexity index is 309. The Morgan fingerprint density at radius 2 is 1.76 bits per heavy atom. The number of nitrogens with zero attached hydrogens (tertiary/aromatic N) is 1. The van der Waals surface area contributed by atoms with E-state index in [-0.39, 0.29) is 6.10 Å². The lowest BCUT2D eigenvalue weighted by atomic mass is 10.1. The van der Waals surface area contributed by atoms with E-state index in [4.69, 9.17) is 0 Å². The Morgan fingerprint density at radius 3 is 2.24 bits per heavy atom. The van der Waals surface area contributed by atoms with Crippen LogP contribution in [-0.4, -0.2) is 35.9 Å². The summed E-state index contributed by atoms with van der Waals surface area (Å²) in [5, 5.41) is 10.1. The van der Waals surface area contributed by atoms with E-state index in [1.807, 2.05) is 12.1 Å². The topological polar surface area (TPSA) is 23.5 Å². The summed E-state index contributed by atoms with van der Waals surface area (Å²) in [5.74, 6) is 0. The first-order valence-corrected chi connectivity index (χ1v) is 7.48. The van der Waals surface area contributed by atoms with Crippen molar-refractivity contribution in [3.05, 3.63) is 29.8 Å². The first-order chi connectivity index (χ1) is 8.21. The molecule has 0 fully saturated rings. The van der Waals surface area contributed by atoms with Gasteiger partial charge in [0.2, 0.25) is 0 Å². The van der Waals surface area contributed by atoms with E-state index in [0.29, 0.717) is 0 Å². The second-order valence-corrected chi connectivity index (χ2v) is 4.98. The maximum atomic E-state index is 10.1. The van der Waals surface area contributed by atoms with Crippen molar-refractivity contribution in [1.29, 1.82) is 0 Å². The first kappa shape index (κ1) is 14.6. The minimum atomic E-state index is -0.341. The van der Waals surface area contributed by atoms with Gasteiger partial charge in [0, 0.05) is 11.4 Å². The van der Waals surface area contributed by atoms with Crippen molar-refractivity contribution in [1.82, 2.24) is 4.90 Å². The van der Waals surface area contributed by atoms with Gasteiger partial charge in [0.25, 0.3) is 0 Å². The van der Waals surface area contributed by atoms with Crippen molar-refractivity contribution in [2.75, 3.05) is 25.9 Å². The Labute approximate surface area is 109 Å². The molecule has 96 valence electrons. The fraction of sp³-hybridized carbons (Fsp3) is 0.571. The second-order valence-electron chi connectivity index (χ2n) is 4.10. The maximum absolute atomic E-state index is 10.1. The predicted octanol–water partition coefficient (Wildman–Crippen LogP) is 3.17. The minimum Gasteiger partial charge on any atom is -0.388 e. The number of rotatable bonds is 7. The third kappa shape index (κ3) is 4.70. The average Bonchev–Trinajstić information content (AvgIpc) is 2.39. The van der Waals surface area contributed by atoms with Gasteiger partial charge in [-0.15, -0.1) is 11.8 Å². The fourth-order valence-electron chi connectivity index (χ4n) is 1.84. The molecule has 17 heavy (non-hydrogen) atoms. The fourth-order valence-corrected chi connectivity index (χ4v) is 2.25. The average molecular weight is 253 g/mol. The smallest absolute Gasteiger partial charge is 0.0802 e. The van der Waals surface area contributed by atoms with Gasteiger partial charge in [-0.05, 0) is 43.5 Å². The van der Waals surface area contributed by atoms with Crippen LogP contribution in [0.3, 0.4) is 0 Å². The van der Waals surface area contributed by atoms with E-state index in [2.05, 4.69) is 37.1 Å². The van der Waals surface area contributed by atoms with Gasteiger partial charge in [0.1, 0.15) is 0 Å². The molecule has 0 aliphatic heterocycles. The summed E-state index contributed by atoms with van der Waals surface area (Å²) in [6.45, 7) is 7.37. The summed E-state index contributed by atoms with van der Waals surface area (Å²) in [5.41, 5.74) is 1.02. The molecule has 1 aromatic rings. The molecule has 1 atom stereocenters. The summed E-state index contributed by atoms with van der Waals surface area (Å²) in [6.07, 6.45) is 2.53. The molecule has 1 N–H and O–H groups in total. The summed E-state index contributed by atoms with van der Waals surface area (Å²) < 4.78 is 0. The number of thioether (sulfide) groups is 1. The van der Waals surface area contributed by atoms with Crippen LogP contribution >= 0.6 is 11.8 Å². The van der Waals surface area contributed by atoms with Gasteiger partial charge < -0.3 is 10.0 Å². The standard InChI is InChI=1S/C14H23NOS/c1-4-15(5-2)11-10-14(16)12-6-8-13(17-3)9-7-12/h6-9,14,16H,4-5,10-11H2,1-3H3. The molecule has 0 saturated heterocycles. The molecule has 0 aliphatic rings. The van der Waals surface area contributed by atoms with Crippen LogP contribution in [0.5, 0.6) is 0 Å². The zero-order valence-electron chi connectivity index (χ0n) is 11.0. The van der Waals surface area contributed by atoms with Crippen molar-refractivity contribution < 1.29 is 5.11 Å². The van der Waals surface area contributed by atoms with E-state index < -0.39 is 0 Å². The number of aliphatic hydroxyl groups excluding tert-OH is 1. The number of benzene rings is 1. The van der Waals surface area contributed by atoms with Gasteiger partial charge >= 0.3 is 0 Å². The van der Waals surface area contributed by atoms with Crippen LogP contribution < -0.4 is 0 Å². The van der Waals surface area contributed by atoms with E-state index in [9.17, 15) is 5.11 Å². The molecule has 2 nitrogen and oxygen atoms in total. The van der Waals surface area contributed by atoms with Crippen molar-refractivity contribution in [2.45, 2.75) is 31.3 Å². The highest BCUT2D eigenvalue weighted by molar-refractivity contribution is 7.98. The highest BCUT2D eigenvalue weighted by atomic mass is 32.2. The van der Waals surface area contributed by atoms with Crippen LogP contribution in [0, 0.1) is 0 Å². The zero-order valence-corrected chi connectivity index (χ0v) is 11.8. The quantitative estimate of drug-likeness (QED) is 0.755. The van der Waals surface area contributed by atoms with Crippen LogP contribution in [-0.2, 0) is 0 Å². The molecule has 0 amide bonds. The second kappa shape index (κ2) is 7.75. The Kier molecular flexibility index (Phi) is 6.63. The third-order valence-electron chi connectivity index (χ3n) is 3.11. The van der Waals surface area contributed by atoms with Crippen molar-refractivity contribution in [3.63, 3.8) is 0 Å². The lowest BCUT2D eigenvalue weighted by Crippen LogP contribution is -2.25.